The van der Waals surface area contributed by atoms with Crippen molar-refractivity contribution in [2.75, 3.05) is 25.0 Å². The van der Waals surface area contributed by atoms with Gasteiger partial charge in [0, 0.05) is 24.0 Å². The normalized spacial score (nSPS) is 21.5. The lowest BCUT2D eigenvalue weighted by Gasteiger charge is -2.38. The van der Waals surface area contributed by atoms with Crippen LogP contribution in [0.2, 0.25) is 0 Å². The van der Waals surface area contributed by atoms with Crippen LogP contribution in [0.15, 0.2) is 18.2 Å². The van der Waals surface area contributed by atoms with Crippen LogP contribution in [0.5, 0.6) is 0 Å². The van der Waals surface area contributed by atoms with Crippen LogP contribution in [-0.4, -0.2) is 47.5 Å². The molecule has 1 aliphatic rings. The fourth-order valence-electron chi connectivity index (χ4n) is 4.07. The molecule has 0 bridgehead atoms. The molecule has 6 nitrogen and oxygen atoms in total. The Kier molecular flexibility index (Phi) is 6.03. The highest BCUT2D eigenvalue weighted by atomic mass is 19.1. The van der Waals surface area contributed by atoms with E-state index in [0.29, 0.717) is 22.7 Å². The molecular formula is C21H28FN3O3. The number of rotatable bonds is 5. The van der Waals surface area contributed by atoms with Crippen LogP contribution >= 0.6 is 0 Å². The summed E-state index contributed by atoms with van der Waals surface area (Å²) >= 11 is 0. The standard InChI is InChI=1S/C21H28FN3O3/c1-5-28-21(27)19-18(16-9-15(22)6-7-17(16)23-19)24-20(26)14(4)25-10-12(2)8-13(3)11-25/h6-7,9,12-14,23H,5,8,10-11H2,1-4H3,(H,24,26)/t12-,13+,14-/m1/s1. The first-order valence-corrected chi connectivity index (χ1v) is 9.83. The number of nitrogens with one attached hydrogen (secondary N) is 2. The molecule has 0 aliphatic carbocycles. The lowest BCUT2D eigenvalue weighted by atomic mass is 9.91. The Morgan fingerprint density at radius 1 is 1.32 bits per heavy atom. The summed E-state index contributed by atoms with van der Waals surface area (Å²) in [4.78, 5) is 30.4. The molecule has 152 valence electrons. The van der Waals surface area contributed by atoms with Gasteiger partial charge in [-0.1, -0.05) is 13.8 Å². The molecule has 7 heteroatoms. The molecule has 2 N–H and O–H groups in total. The molecule has 2 heterocycles. The van der Waals surface area contributed by atoms with Gasteiger partial charge in [0.1, 0.15) is 11.5 Å². The summed E-state index contributed by atoms with van der Waals surface area (Å²) in [6.45, 7) is 9.86. The average Bonchev–Trinajstić information content (AvgIpc) is 2.98. The molecule has 28 heavy (non-hydrogen) atoms. The molecule has 1 aromatic heterocycles. The Bertz CT molecular complexity index is 869. The van der Waals surface area contributed by atoms with E-state index in [2.05, 4.69) is 29.0 Å². The number of anilines is 1. The van der Waals surface area contributed by atoms with Crippen LogP contribution in [0.25, 0.3) is 10.9 Å². The number of hydrogen-bond donors (Lipinski definition) is 2. The molecule has 1 saturated heterocycles. The maximum Gasteiger partial charge on any atom is 0.356 e. The maximum atomic E-state index is 13.8. The fourth-order valence-corrected chi connectivity index (χ4v) is 4.07. The highest BCUT2D eigenvalue weighted by molar-refractivity contribution is 6.11. The Hall–Kier alpha value is -2.41. The van der Waals surface area contributed by atoms with Gasteiger partial charge in [0.2, 0.25) is 5.91 Å². The van der Waals surface area contributed by atoms with Gasteiger partial charge in [-0.3, -0.25) is 9.69 Å². The van der Waals surface area contributed by atoms with Crippen molar-refractivity contribution in [1.82, 2.24) is 9.88 Å². The number of carbonyl (C=O) groups is 2. The number of carbonyl (C=O) groups excluding carboxylic acids is 2. The van der Waals surface area contributed by atoms with Gasteiger partial charge >= 0.3 is 5.97 Å². The Labute approximate surface area is 164 Å². The third-order valence-corrected chi connectivity index (χ3v) is 5.31. The van der Waals surface area contributed by atoms with Crippen LogP contribution in [0.1, 0.15) is 44.6 Å². The molecule has 0 spiro atoms. The molecule has 1 aliphatic heterocycles. The van der Waals surface area contributed by atoms with Gasteiger partial charge < -0.3 is 15.0 Å². The van der Waals surface area contributed by atoms with E-state index >= 15 is 0 Å². The van der Waals surface area contributed by atoms with E-state index in [1.165, 1.54) is 12.1 Å². The van der Waals surface area contributed by atoms with Gasteiger partial charge in [-0.2, -0.15) is 0 Å². The third kappa shape index (κ3) is 4.19. The first-order chi connectivity index (χ1) is 13.3. The highest BCUT2D eigenvalue weighted by Crippen LogP contribution is 2.30. The van der Waals surface area contributed by atoms with Gasteiger partial charge in [0.15, 0.2) is 0 Å². The molecule has 1 aromatic carbocycles. The second-order valence-corrected chi connectivity index (χ2v) is 7.85. The number of aromatic amines is 1. The van der Waals surface area contributed by atoms with Gasteiger partial charge in [-0.15, -0.1) is 0 Å². The van der Waals surface area contributed by atoms with Crippen molar-refractivity contribution in [2.24, 2.45) is 11.8 Å². The predicted octanol–water partition coefficient (Wildman–Crippen LogP) is 3.79. The van der Waals surface area contributed by atoms with Crippen molar-refractivity contribution >= 4 is 28.5 Å². The lowest BCUT2D eigenvalue weighted by molar-refractivity contribution is -0.121. The van der Waals surface area contributed by atoms with Gasteiger partial charge in [0.05, 0.1) is 18.3 Å². The number of hydrogen-bond acceptors (Lipinski definition) is 4. The molecule has 1 amide bonds. The zero-order valence-electron chi connectivity index (χ0n) is 16.8. The van der Waals surface area contributed by atoms with Crippen LogP contribution < -0.4 is 5.32 Å². The van der Waals surface area contributed by atoms with E-state index in [1.807, 2.05) is 6.92 Å². The minimum absolute atomic E-state index is 0.128. The second-order valence-electron chi connectivity index (χ2n) is 7.85. The summed E-state index contributed by atoms with van der Waals surface area (Å²) in [6, 6.07) is 3.79. The average molecular weight is 389 g/mol. The number of aromatic nitrogens is 1. The number of likely N-dealkylation sites (tertiary alicyclic amines) is 1. The van der Waals surface area contributed by atoms with E-state index < -0.39 is 11.8 Å². The molecule has 3 rings (SSSR count). The Morgan fingerprint density at radius 2 is 2.00 bits per heavy atom. The van der Waals surface area contributed by atoms with E-state index in [9.17, 15) is 14.0 Å². The summed E-state index contributed by atoms with van der Waals surface area (Å²) in [7, 11) is 0. The topological polar surface area (TPSA) is 74.4 Å². The smallest absolute Gasteiger partial charge is 0.356 e. The van der Waals surface area contributed by atoms with Crippen molar-refractivity contribution in [3.8, 4) is 0 Å². The highest BCUT2D eigenvalue weighted by Gasteiger charge is 2.30. The number of amides is 1. The number of nitrogens with zero attached hydrogens (tertiary/aromatic N) is 1. The van der Waals surface area contributed by atoms with Gasteiger partial charge in [-0.05, 0) is 50.3 Å². The molecular weight excluding hydrogens is 361 g/mol. The summed E-state index contributed by atoms with van der Waals surface area (Å²) in [5, 5.41) is 3.30. The van der Waals surface area contributed by atoms with Gasteiger partial charge in [-0.25, -0.2) is 9.18 Å². The van der Waals surface area contributed by atoms with Crippen LogP contribution in [0, 0.1) is 17.7 Å². The number of fused-ring (bicyclic) bond motifs is 1. The Balaban J connectivity index is 1.89. The second kappa shape index (κ2) is 8.31. The van der Waals surface area contributed by atoms with Crippen molar-refractivity contribution < 1.29 is 18.7 Å². The monoisotopic (exact) mass is 389 g/mol. The number of piperidine rings is 1. The first-order valence-electron chi connectivity index (χ1n) is 9.83. The summed E-state index contributed by atoms with van der Waals surface area (Å²) < 4.78 is 18.9. The molecule has 0 saturated carbocycles. The van der Waals surface area contributed by atoms with Crippen LogP contribution in [0.4, 0.5) is 10.1 Å². The molecule has 0 unspecified atom stereocenters. The summed E-state index contributed by atoms with van der Waals surface area (Å²) in [5.41, 5.74) is 0.957. The number of H-pyrrole nitrogens is 1. The molecule has 2 aromatic rings. The summed E-state index contributed by atoms with van der Waals surface area (Å²) in [6.07, 6.45) is 1.15. The molecule has 3 atom stereocenters. The Morgan fingerprint density at radius 3 is 2.64 bits per heavy atom. The minimum atomic E-state index is -0.581. The van der Waals surface area contributed by atoms with E-state index in [0.717, 1.165) is 19.5 Å². The maximum absolute atomic E-state index is 13.8. The molecule has 1 fully saturated rings. The number of ether oxygens (including phenoxy) is 1. The minimum Gasteiger partial charge on any atom is -0.461 e. The zero-order valence-corrected chi connectivity index (χ0v) is 16.8. The quantitative estimate of drug-likeness (QED) is 0.763. The zero-order chi connectivity index (χ0) is 20.4. The van der Waals surface area contributed by atoms with Crippen molar-refractivity contribution in [3.05, 3.63) is 29.7 Å². The third-order valence-electron chi connectivity index (χ3n) is 5.31. The first kappa shape index (κ1) is 20.3. The van der Waals surface area contributed by atoms with E-state index in [1.54, 1.807) is 13.0 Å². The number of benzene rings is 1. The van der Waals surface area contributed by atoms with E-state index in [4.69, 9.17) is 4.74 Å². The number of halogens is 1. The fraction of sp³-hybridized carbons (Fsp3) is 0.524. The predicted molar refractivity (Wildman–Crippen MR) is 107 cm³/mol. The SMILES string of the molecule is CCOC(=O)c1[nH]c2ccc(F)cc2c1NC(=O)[C@@H](C)N1C[C@H](C)C[C@H](C)C1. The van der Waals surface area contributed by atoms with Crippen molar-refractivity contribution in [1.29, 1.82) is 0 Å². The van der Waals surface area contributed by atoms with E-state index in [-0.39, 0.29) is 29.9 Å². The summed E-state index contributed by atoms with van der Waals surface area (Å²) in [5.74, 6) is -0.198. The number of esters is 1. The van der Waals surface area contributed by atoms with Crippen LogP contribution in [-0.2, 0) is 9.53 Å². The van der Waals surface area contributed by atoms with Crippen LogP contribution in [0.3, 0.4) is 0 Å². The van der Waals surface area contributed by atoms with Gasteiger partial charge in [0.25, 0.3) is 0 Å². The largest absolute Gasteiger partial charge is 0.461 e. The van der Waals surface area contributed by atoms with Crippen molar-refractivity contribution in [2.45, 2.75) is 40.2 Å². The molecule has 0 radical (unpaired) electrons. The van der Waals surface area contributed by atoms with Crippen molar-refractivity contribution in [3.63, 3.8) is 0 Å². The lowest BCUT2D eigenvalue weighted by Crippen LogP contribution is -2.48.